The van der Waals surface area contributed by atoms with Crippen molar-refractivity contribution in [2.75, 3.05) is 0 Å². The largest absolute Gasteiger partial charge is 0.355 e. The maximum atomic E-state index is 11.9. The van der Waals surface area contributed by atoms with Gasteiger partial charge < -0.3 is 0 Å². The van der Waals surface area contributed by atoms with E-state index in [1.807, 2.05) is 9.66 Å². The molecule has 13 nitrogen and oxygen atoms in total. The van der Waals surface area contributed by atoms with Gasteiger partial charge in [-0.1, -0.05) is 60.7 Å². The summed E-state index contributed by atoms with van der Waals surface area (Å²) in [4.78, 5) is 31.0. The molecule has 2 aromatic carbocycles. The smallest absolute Gasteiger partial charge is 0.258 e. The molecule has 31 heavy (non-hydrogen) atoms. The second-order valence-corrected chi connectivity index (χ2v) is 9.35. The molecule has 0 aromatic heterocycles. The Balaban J connectivity index is 1.64. The van der Waals surface area contributed by atoms with Gasteiger partial charge in [-0.05, 0) is 11.1 Å². The van der Waals surface area contributed by atoms with Crippen LogP contribution in [-0.4, -0.2) is 28.9 Å². The molecule has 2 aromatic rings. The molecule has 2 rings (SSSR count). The first-order valence-corrected chi connectivity index (χ1v) is 11.8. The summed E-state index contributed by atoms with van der Waals surface area (Å²) in [5, 5.41) is 0. The molecule has 168 valence electrons. The van der Waals surface area contributed by atoms with E-state index >= 15 is 0 Å². The van der Waals surface area contributed by atoms with Gasteiger partial charge in [-0.25, -0.2) is 26.4 Å². The van der Waals surface area contributed by atoms with Crippen molar-refractivity contribution in [3.8, 4) is 0 Å². The van der Waals surface area contributed by atoms with Gasteiger partial charge in [0.1, 0.15) is 0 Å². The maximum Gasteiger partial charge on any atom is 0.355 e. The molecule has 0 bridgehead atoms. The maximum absolute atomic E-state index is 11.9. The van der Waals surface area contributed by atoms with Gasteiger partial charge in [0, 0.05) is 0 Å². The second-order valence-electron chi connectivity index (χ2n) is 5.91. The van der Waals surface area contributed by atoms with Crippen molar-refractivity contribution in [3.63, 3.8) is 0 Å². The van der Waals surface area contributed by atoms with Crippen LogP contribution in [0, 0.1) is 0 Å². The van der Waals surface area contributed by atoms with Gasteiger partial charge >= 0.3 is 12.1 Å². The molecule has 15 heteroatoms. The Morgan fingerprint density at radius 3 is 1.35 bits per heavy atom. The number of hydroxylamine groups is 2. The molecule has 0 heterocycles. The summed E-state index contributed by atoms with van der Waals surface area (Å²) in [5.74, 6) is -0.752. The number of carbonyl (C=O) groups excluding carboxylic acids is 2. The minimum atomic E-state index is -3.88. The molecule has 0 aliphatic heterocycles. The molecular weight excluding hydrogens is 452 g/mol. The van der Waals surface area contributed by atoms with Gasteiger partial charge in [-0.3, -0.25) is 10.9 Å². The van der Waals surface area contributed by atoms with E-state index in [2.05, 4.69) is 4.94 Å². The SMILES string of the molecule is O=C(NNS(=O)(=O)Cc1ccccc1)NONC(=O)NNS(=O)(=O)Cc1ccccc1. The molecule has 0 saturated heterocycles. The average molecular weight is 473 g/mol. The number of hydrogen-bond acceptors (Lipinski definition) is 7. The average Bonchev–Trinajstić information content (AvgIpc) is 2.72. The fourth-order valence-corrected chi connectivity index (χ4v) is 3.98. The number of sulfonamides is 2. The lowest BCUT2D eigenvalue weighted by Crippen LogP contribution is -2.51. The second kappa shape index (κ2) is 11.2. The Kier molecular flexibility index (Phi) is 8.71. The number of nitrogens with one attached hydrogen (secondary N) is 6. The van der Waals surface area contributed by atoms with Gasteiger partial charge in [0.25, 0.3) is 0 Å². The monoisotopic (exact) mass is 472 g/mol. The summed E-state index contributed by atoms with van der Waals surface area (Å²) < 4.78 is 47.4. The van der Waals surface area contributed by atoms with E-state index in [1.54, 1.807) is 82.5 Å². The third-order valence-electron chi connectivity index (χ3n) is 3.33. The van der Waals surface area contributed by atoms with Crippen molar-refractivity contribution in [1.82, 2.24) is 31.5 Å². The van der Waals surface area contributed by atoms with Gasteiger partial charge in [-0.15, -0.1) is 9.66 Å². The van der Waals surface area contributed by atoms with Crippen molar-refractivity contribution >= 4 is 32.1 Å². The van der Waals surface area contributed by atoms with Crippen LogP contribution in [-0.2, 0) is 36.5 Å². The number of amides is 4. The van der Waals surface area contributed by atoms with Gasteiger partial charge in [-0.2, -0.15) is 15.9 Å². The third kappa shape index (κ3) is 9.87. The van der Waals surface area contributed by atoms with Crippen LogP contribution in [0.4, 0.5) is 9.59 Å². The Labute approximate surface area is 178 Å². The van der Waals surface area contributed by atoms with Crippen LogP contribution in [0.25, 0.3) is 0 Å². The van der Waals surface area contributed by atoms with Crippen LogP contribution in [0.1, 0.15) is 11.1 Å². The van der Waals surface area contributed by atoms with E-state index < -0.39 is 32.1 Å². The summed E-state index contributed by atoms with van der Waals surface area (Å²) in [6.07, 6.45) is 0. The minimum Gasteiger partial charge on any atom is -0.258 e. The van der Waals surface area contributed by atoms with Gasteiger partial charge in [0.15, 0.2) is 0 Å². The zero-order valence-electron chi connectivity index (χ0n) is 15.9. The quantitative estimate of drug-likeness (QED) is 0.252. The van der Waals surface area contributed by atoms with Crippen LogP contribution < -0.4 is 31.5 Å². The number of urea groups is 2. The normalized spacial score (nSPS) is 11.4. The van der Waals surface area contributed by atoms with Crippen LogP contribution >= 0.6 is 0 Å². The molecule has 0 atom stereocenters. The molecule has 0 aliphatic carbocycles. The van der Waals surface area contributed by atoms with E-state index in [9.17, 15) is 26.4 Å². The molecule has 0 spiro atoms. The Morgan fingerprint density at radius 1 is 0.645 bits per heavy atom. The Bertz CT molecular complexity index is 992. The van der Waals surface area contributed by atoms with Crippen molar-refractivity contribution in [1.29, 1.82) is 0 Å². The molecule has 0 saturated carbocycles. The first-order valence-electron chi connectivity index (χ1n) is 8.50. The predicted octanol–water partition coefficient (Wildman–Crippen LogP) is -0.499. The van der Waals surface area contributed by atoms with E-state index in [4.69, 9.17) is 0 Å². The first-order chi connectivity index (χ1) is 14.7. The number of hydrazine groups is 2. The van der Waals surface area contributed by atoms with Crippen molar-refractivity contribution in [2.45, 2.75) is 11.5 Å². The summed E-state index contributed by atoms with van der Waals surface area (Å²) in [6.45, 7) is 0. The fraction of sp³-hybridized carbons (Fsp3) is 0.125. The number of carbonyl (C=O) groups is 2. The van der Waals surface area contributed by atoms with Crippen molar-refractivity contribution in [2.24, 2.45) is 0 Å². The van der Waals surface area contributed by atoms with Crippen molar-refractivity contribution in [3.05, 3.63) is 71.8 Å². The lowest BCUT2D eigenvalue weighted by atomic mass is 10.2. The molecule has 0 unspecified atom stereocenters. The number of rotatable bonds is 10. The number of hydrogen-bond donors (Lipinski definition) is 6. The molecule has 4 amide bonds. The van der Waals surface area contributed by atoms with Crippen LogP contribution in [0.2, 0.25) is 0 Å². The highest BCUT2D eigenvalue weighted by Gasteiger charge is 2.14. The van der Waals surface area contributed by atoms with Gasteiger partial charge in [0.05, 0.1) is 11.5 Å². The van der Waals surface area contributed by atoms with Crippen molar-refractivity contribution < 1.29 is 31.4 Å². The van der Waals surface area contributed by atoms with E-state index in [0.29, 0.717) is 11.1 Å². The summed E-state index contributed by atoms with van der Waals surface area (Å²) in [5.41, 5.74) is 7.93. The van der Waals surface area contributed by atoms with Crippen LogP contribution in [0.5, 0.6) is 0 Å². The Morgan fingerprint density at radius 2 is 1.00 bits per heavy atom. The lowest BCUT2D eigenvalue weighted by molar-refractivity contribution is 0.00361. The highest BCUT2D eigenvalue weighted by Crippen LogP contribution is 2.04. The van der Waals surface area contributed by atoms with E-state index in [1.165, 1.54) is 0 Å². The fourth-order valence-electron chi connectivity index (χ4n) is 2.08. The number of benzene rings is 2. The zero-order valence-corrected chi connectivity index (χ0v) is 17.5. The Hall–Kier alpha value is -3.24. The van der Waals surface area contributed by atoms with E-state index in [-0.39, 0.29) is 11.5 Å². The van der Waals surface area contributed by atoms with Crippen LogP contribution in [0.3, 0.4) is 0 Å². The minimum absolute atomic E-state index is 0.376. The van der Waals surface area contributed by atoms with Crippen LogP contribution in [0.15, 0.2) is 60.7 Å². The molecular formula is C16H20N6O7S2. The highest BCUT2D eigenvalue weighted by molar-refractivity contribution is 7.88. The van der Waals surface area contributed by atoms with Gasteiger partial charge in [0.2, 0.25) is 20.0 Å². The third-order valence-corrected chi connectivity index (χ3v) is 5.58. The standard InChI is InChI=1S/C16H20N6O7S2/c23-15(17-21-30(25,26)11-13-7-3-1-4-8-13)19-29-20-16(24)18-22-31(27,28)12-14-9-5-2-6-10-14/h1-10,21-22H,11-12H2,(H2,17,19,23)(H2,18,20,24). The highest BCUT2D eigenvalue weighted by atomic mass is 32.2. The summed E-state index contributed by atoms with van der Waals surface area (Å²) in [7, 11) is -7.75. The topological polar surface area (TPSA) is 184 Å². The lowest BCUT2D eigenvalue weighted by Gasteiger charge is -2.11. The molecule has 6 N–H and O–H groups in total. The zero-order chi connectivity index (χ0) is 22.7. The summed E-state index contributed by atoms with van der Waals surface area (Å²) in [6, 6.07) is 14.2. The molecule has 0 fully saturated rings. The molecule has 0 aliphatic rings. The summed E-state index contributed by atoms with van der Waals surface area (Å²) >= 11 is 0. The first kappa shape index (κ1) is 24.0. The van der Waals surface area contributed by atoms with E-state index in [0.717, 1.165) is 0 Å². The predicted molar refractivity (Wildman–Crippen MR) is 109 cm³/mol. The molecule has 0 radical (unpaired) electrons.